The van der Waals surface area contributed by atoms with Gasteiger partial charge in [0.1, 0.15) is 28.5 Å². The summed E-state index contributed by atoms with van der Waals surface area (Å²) in [5, 5.41) is 15.6. The summed E-state index contributed by atoms with van der Waals surface area (Å²) in [7, 11) is -4.62. The van der Waals surface area contributed by atoms with Gasteiger partial charge in [0.05, 0.1) is 21.6 Å². The van der Waals surface area contributed by atoms with Crippen molar-refractivity contribution in [1.29, 1.82) is 0 Å². The lowest BCUT2D eigenvalue weighted by Gasteiger charge is -2.36. The molecule has 13 nitrogen and oxygen atoms in total. The number of carbonyl (C=O) groups is 1. The molecule has 4 heterocycles. The van der Waals surface area contributed by atoms with Crippen molar-refractivity contribution < 1.29 is 32.0 Å². The van der Waals surface area contributed by atoms with Crippen molar-refractivity contribution in [3.8, 4) is 11.5 Å². The number of alkyl halides is 1. The van der Waals surface area contributed by atoms with Gasteiger partial charge in [-0.1, -0.05) is 36.4 Å². The van der Waals surface area contributed by atoms with Crippen molar-refractivity contribution in [3.63, 3.8) is 0 Å². The van der Waals surface area contributed by atoms with Crippen LogP contribution in [0.25, 0.3) is 16.6 Å². The Bertz CT molecular complexity index is 2590. The van der Waals surface area contributed by atoms with Crippen molar-refractivity contribution >= 4 is 43.9 Å². The van der Waals surface area contributed by atoms with E-state index in [0.29, 0.717) is 29.4 Å². The monoisotopic (exact) mass is 834 g/mol. The van der Waals surface area contributed by atoms with Crippen LogP contribution >= 0.6 is 0 Å². The first-order valence-corrected chi connectivity index (χ1v) is 22.2. The van der Waals surface area contributed by atoms with E-state index in [4.69, 9.17) is 9.47 Å². The minimum absolute atomic E-state index is 0.0458. The van der Waals surface area contributed by atoms with Crippen molar-refractivity contribution in [2.75, 3.05) is 31.6 Å². The van der Waals surface area contributed by atoms with Gasteiger partial charge in [-0.3, -0.25) is 19.8 Å². The molecule has 1 saturated carbocycles. The number of fused-ring (bicyclic) bond motifs is 1. The molecule has 4 aliphatic rings. The highest BCUT2D eigenvalue weighted by molar-refractivity contribution is 7.90. The van der Waals surface area contributed by atoms with Crippen LogP contribution < -0.4 is 14.8 Å². The molecular formula is C45H47FN6O7S. The number of allylic oxidation sites excluding steroid dienone is 1. The maximum absolute atomic E-state index is 15.2. The number of benzene rings is 3. The normalized spacial score (nSPS) is 20.7. The van der Waals surface area contributed by atoms with E-state index in [1.54, 1.807) is 24.4 Å². The number of halogens is 1. The highest BCUT2D eigenvalue weighted by Gasteiger charge is 2.37. The van der Waals surface area contributed by atoms with Crippen molar-refractivity contribution in [1.82, 2.24) is 19.6 Å². The molecular weight excluding hydrogens is 788 g/mol. The van der Waals surface area contributed by atoms with Crippen LogP contribution in [-0.4, -0.2) is 72.1 Å². The van der Waals surface area contributed by atoms with Crippen LogP contribution in [0.5, 0.6) is 11.5 Å². The second-order valence-corrected chi connectivity index (χ2v) is 18.0. The number of anilines is 1. The molecule has 0 spiro atoms. The van der Waals surface area contributed by atoms with Crippen LogP contribution in [0.2, 0.25) is 0 Å². The van der Waals surface area contributed by atoms with Crippen LogP contribution in [0.1, 0.15) is 96.8 Å². The topological polar surface area (TPSA) is 169 Å². The van der Waals surface area contributed by atoms with Crippen molar-refractivity contribution in [3.05, 3.63) is 124 Å². The predicted molar refractivity (Wildman–Crippen MR) is 225 cm³/mol. The number of rotatable bonds is 13. The average molecular weight is 835 g/mol. The minimum Gasteiger partial charge on any atom is -0.455 e. The fraction of sp³-hybridized carbons (Fsp3) is 0.378. The number of nitrogens with one attached hydrogen (secondary N) is 3. The van der Waals surface area contributed by atoms with Gasteiger partial charge >= 0.3 is 0 Å². The molecule has 2 saturated heterocycles. The molecule has 1 amide bonds. The summed E-state index contributed by atoms with van der Waals surface area (Å²) in [5.74, 6) is 0.171. The summed E-state index contributed by atoms with van der Waals surface area (Å²) in [6.07, 6.45) is 13.4. The third kappa shape index (κ3) is 8.38. The third-order valence-corrected chi connectivity index (χ3v) is 13.7. The Kier molecular flexibility index (Phi) is 10.9. The van der Waals surface area contributed by atoms with Crippen molar-refractivity contribution in [2.24, 2.45) is 0 Å². The van der Waals surface area contributed by atoms with Crippen LogP contribution in [-0.2, 0) is 14.8 Å². The van der Waals surface area contributed by atoms with E-state index >= 15 is 4.39 Å². The maximum atomic E-state index is 15.2. The van der Waals surface area contributed by atoms with Crippen LogP contribution in [0.15, 0.2) is 96.2 Å². The predicted octanol–water partition coefficient (Wildman–Crippen LogP) is 8.96. The first-order valence-electron chi connectivity index (χ1n) is 20.7. The Hall–Kier alpha value is -5.64. The SMILES string of the molecule is O=C(NS(=O)(=O)c1ccc(NCC2(F)CCOCC2)c([N+](=O)[O-])c1)c1ccc(C2=CCC(N3CCCC3c3ccccc3C3CC3)CC2)cc1Oc1cnc2[nH]ccc2c1. The van der Waals surface area contributed by atoms with Gasteiger partial charge in [-0.05, 0) is 116 Å². The lowest BCUT2D eigenvalue weighted by Crippen LogP contribution is -2.38. The molecule has 0 radical (unpaired) electrons. The number of nitro benzene ring substituents is 1. The minimum atomic E-state index is -4.62. The fourth-order valence-electron chi connectivity index (χ4n) is 9.00. The van der Waals surface area contributed by atoms with Gasteiger partial charge in [0.25, 0.3) is 21.6 Å². The molecule has 0 bridgehead atoms. The Morgan fingerprint density at radius 3 is 2.62 bits per heavy atom. The van der Waals surface area contributed by atoms with Gasteiger partial charge in [-0.15, -0.1) is 0 Å². The number of hydrogen-bond acceptors (Lipinski definition) is 10. The first-order chi connectivity index (χ1) is 29.0. The number of nitrogens with zero attached hydrogens (tertiary/aromatic N) is 3. The highest BCUT2D eigenvalue weighted by Crippen LogP contribution is 2.47. The number of aromatic nitrogens is 2. The van der Waals surface area contributed by atoms with Crippen LogP contribution in [0, 0.1) is 10.1 Å². The summed E-state index contributed by atoms with van der Waals surface area (Å²) >= 11 is 0. The van der Waals surface area contributed by atoms with E-state index in [9.17, 15) is 23.3 Å². The summed E-state index contributed by atoms with van der Waals surface area (Å²) < 4.78 is 56.1. The van der Waals surface area contributed by atoms with Crippen LogP contribution in [0.4, 0.5) is 15.8 Å². The van der Waals surface area contributed by atoms with Crippen LogP contribution in [0.3, 0.4) is 0 Å². The lowest BCUT2D eigenvalue weighted by molar-refractivity contribution is -0.384. The van der Waals surface area contributed by atoms with E-state index in [2.05, 4.69) is 55.2 Å². The van der Waals surface area contributed by atoms with E-state index in [1.807, 2.05) is 6.07 Å². The molecule has 5 aromatic rings. The lowest BCUT2D eigenvalue weighted by atomic mass is 9.88. The van der Waals surface area contributed by atoms with Crippen molar-refractivity contribution in [2.45, 2.75) is 86.4 Å². The summed E-state index contributed by atoms with van der Waals surface area (Å²) in [5.41, 5.74) is 3.32. The Morgan fingerprint density at radius 1 is 1.03 bits per heavy atom. The largest absolute Gasteiger partial charge is 0.455 e. The zero-order chi connectivity index (χ0) is 41.4. The second kappa shape index (κ2) is 16.4. The molecule has 3 fully saturated rings. The number of likely N-dealkylation sites (tertiary alicyclic amines) is 1. The van der Waals surface area contributed by atoms with E-state index in [-0.39, 0.29) is 49.6 Å². The van der Waals surface area contributed by atoms with Gasteiger partial charge in [0.15, 0.2) is 0 Å². The second-order valence-electron chi connectivity index (χ2n) is 16.3. The van der Waals surface area contributed by atoms with E-state index in [1.165, 1.54) is 48.7 Å². The number of carbonyl (C=O) groups excluding carboxylic acids is 1. The first kappa shape index (κ1) is 39.8. The number of sulfonamides is 1. The highest BCUT2D eigenvalue weighted by atomic mass is 32.2. The molecule has 312 valence electrons. The standard InChI is InChI=1S/C45H47FN6O7S/c46-45(18-22-58-23-19-45)28-49-39-16-14-35(26-41(39)52(54)55)60(56,57)50-44(53)38-15-11-31(25-42(38)59-34-24-32-17-20-47-43(32)48-27-34)29-9-12-33(13-10-29)51-21-3-6-40(51)37-5-2-1-4-36(37)30-7-8-30/h1-2,4-5,9,11,14-17,20,24-27,30,33,40,49H,3,6-8,10,12-13,18-19,21-23,28H2,(H,47,48)(H,50,53). The molecule has 2 aliphatic carbocycles. The summed E-state index contributed by atoms with van der Waals surface area (Å²) in [4.78, 5) is 34.8. The quantitative estimate of drug-likeness (QED) is 0.0769. The summed E-state index contributed by atoms with van der Waals surface area (Å²) in [6, 6.07) is 21.7. The molecule has 15 heteroatoms. The van der Waals surface area contributed by atoms with Gasteiger partial charge in [0.2, 0.25) is 0 Å². The van der Waals surface area contributed by atoms with E-state index in [0.717, 1.165) is 60.9 Å². The smallest absolute Gasteiger partial charge is 0.293 e. The fourth-order valence-corrected chi connectivity index (χ4v) is 9.99. The Balaban J connectivity index is 0.956. The number of pyridine rings is 1. The summed E-state index contributed by atoms with van der Waals surface area (Å²) in [6.45, 7) is 1.34. The average Bonchev–Trinajstić information content (AvgIpc) is 3.79. The number of hydrogen-bond donors (Lipinski definition) is 3. The Morgan fingerprint density at radius 2 is 1.85 bits per heavy atom. The number of aromatic amines is 1. The molecule has 2 aromatic heterocycles. The molecule has 3 N–H and O–H groups in total. The van der Waals surface area contributed by atoms with Gasteiger partial charge < -0.3 is 19.8 Å². The van der Waals surface area contributed by atoms with Gasteiger partial charge in [-0.25, -0.2) is 22.5 Å². The number of H-pyrrole nitrogens is 1. The number of ether oxygens (including phenoxy) is 2. The zero-order valence-corrected chi connectivity index (χ0v) is 33.9. The number of amides is 1. The molecule has 2 unspecified atom stereocenters. The number of nitro groups is 1. The maximum Gasteiger partial charge on any atom is 0.293 e. The Labute approximate surface area is 347 Å². The molecule has 2 atom stereocenters. The molecule has 9 rings (SSSR count). The molecule has 3 aromatic carbocycles. The van der Waals surface area contributed by atoms with Gasteiger partial charge in [0, 0.05) is 62.3 Å². The molecule has 60 heavy (non-hydrogen) atoms. The molecule has 2 aliphatic heterocycles. The van der Waals surface area contributed by atoms with Gasteiger partial charge in [-0.2, -0.15) is 0 Å². The zero-order valence-electron chi connectivity index (χ0n) is 33.1. The third-order valence-electron chi connectivity index (χ3n) is 12.4. The van der Waals surface area contributed by atoms with E-state index < -0.39 is 37.1 Å².